The smallest absolute Gasteiger partial charge is 0.176 e. The van der Waals surface area contributed by atoms with Gasteiger partial charge in [-0.3, -0.25) is 4.79 Å². The number of aryl methyl sites for hydroxylation is 1. The number of rotatable bonds is 5. The molecular weight excluding hydrogens is 290 g/mol. The van der Waals surface area contributed by atoms with Gasteiger partial charge in [-0.25, -0.2) is 13.8 Å². The van der Waals surface area contributed by atoms with Crippen LogP contribution in [0.1, 0.15) is 23.1 Å². The van der Waals surface area contributed by atoms with Crippen molar-refractivity contribution in [1.29, 1.82) is 0 Å². The summed E-state index contributed by atoms with van der Waals surface area (Å²) in [5.74, 6) is -1.14. The van der Waals surface area contributed by atoms with Gasteiger partial charge in [-0.15, -0.1) is 0 Å². The van der Waals surface area contributed by atoms with Crippen LogP contribution in [-0.2, 0) is 6.42 Å². The summed E-state index contributed by atoms with van der Waals surface area (Å²) < 4.78 is 30.9. The molecule has 0 spiro atoms. The van der Waals surface area contributed by atoms with Crippen molar-refractivity contribution in [1.82, 2.24) is 9.36 Å². The first kappa shape index (κ1) is 14.1. The maximum absolute atomic E-state index is 13.4. The molecule has 19 heavy (non-hydrogen) atoms. The van der Waals surface area contributed by atoms with E-state index in [1.165, 1.54) is 23.3 Å². The molecule has 0 aliphatic rings. The van der Waals surface area contributed by atoms with Crippen LogP contribution in [0.15, 0.2) is 22.5 Å². The van der Waals surface area contributed by atoms with Crippen LogP contribution < -0.4 is 0 Å². The lowest BCUT2D eigenvalue weighted by molar-refractivity contribution is 0.101. The number of ketones is 1. The van der Waals surface area contributed by atoms with E-state index in [9.17, 15) is 13.6 Å². The highest BCUT2D eigenvalue weighted by Gasteiger charge is 2.14. The van der Waals surface area contributed by atoms with Crippen molar-refractivity contribution in [2.45, 2.75) is 17.7 Å². The third-order valence-corrected chi connectivity index (χ3v) is 4.20. The number of aromatic nitrogens is 2. The van der Waals surface area contributed by atoms with Gasteiger partial charge in [0.1, 0.15) is 17.5 Å². The molecule has 0 radical (unpaired) electrons. The molecule has 100 valence electrons. The Morgan fingerprint density at radius 3 is 2.84 bits per heavy atom. The number of hydrogen-bond donors (Lipinski definition) is 0. The number of benzene rings is 1. The number of halogens is 2. The first-order valence-electron chi connectivity index (χ1n) is 5.53. The van der Waals surface area contributed by atoms with Crippen molar-refractivity contribution >= 4 is 29.1 Å². The second-order valence-electron chi connectivity index (χ2n) is 3.67. The first-order chi connectivity index (χ1) is 9.10. The van der Waals surface area contributed by atoms with Crippen molar-refractivity contribution in [3.05, 3.63) is 41.2 Å². The predicted molar refractivity (Wildman–Crippen MR) is 70.7 cm³/mol. The summed E-state index contributed by atoms with van der Waals surface area (Å²) in [6, 6.07) is 2.93. The van der Waals surface area contributed by atoms with Crippen molar-refractivity contribution < 1.29 is 13.6 Å². The van der Waals surface area contributed by atoms with E-state index < -0.39 is 17.4 Å². The molecule has 0 atom stereocenters. The van der Waals surface area contributed by atoms with E-state index in [4.69, 9.17) is 0 Å². The minimum atomic E-state index is -0.836. The lowest BCUT2D eigenvalue weighted by Gasteiger charge is -2.01. The van der Waals surface area contributed by atoms with Crippen molar-refractivity contribution in [3.8, 4) is 0 Å². The van der Waals surface area contributed by atoms with E-state index in [2.05, 4.69) is 9.36 Å². The molecule has 1 heterocycles. The van der Waals surface area contributed by atoms with Crippen molar-refractivity contribution in [2.24, 2.45) is 0 Å². The van der Waals surface area contributed by atoms with E-state index in [1.807, 2.05) is 6.92 Å². The molecule has 1 aromatic heterocycles. The number of nitrogens with zero attached hydrogens (tertiary/aromatic N) is 2. The SMILES string of the molecule is CCc1nsc(SCC(=O)c2ccc(F)cc2F)n1. The van der Waals surface area contributed by atoms with Crippen molar-refractivity contribution in [2.75, 3.05) is 5.75 Å². The Kier molecular flexibility index (Phi) is 4.60. The van der Waals surface area contributed by atoms with Crippen LogP contribution in [0.2, 0.25) is 0 Å². The van der Waals surface area contributed by atoms with Crippen LogP contribution in [0.4, 0.5) is 8.78 Å². The Balaban J connectivity index is 2.01. The second-order valence-corrected chi connectivity index (χ2v) is 5.64. The van der Waals surface area contributed by atoms with Gasteiger partial charge in [-0.05, 0) is 23.7 Å². The average Bonchev–Trinajstić information content (AvgIpc) is 2.84. The monoisotopic (exact) mass is 300 g/mol. The fraction of sp³-hybridized carbons (Fsp3) is 0.250. The molecule has 0 saturated carbocycles. The number of Topliss-reactive ketones (excluding diaryl/α,β-unsaturated/α-hetero) is 1. The lowest BCUT2D eigenvalue weighted by Crippen LogP contribution is -2.05. The zero-order valence-electron chi connectivity index (χ0n) is 10.0. The zero-order chi connectivity index (χ0) is 13.8. The predicted octanol–water partition coefficient (Wildman–Crippen LogP) is 3.35. The summed E-state index contributed by atoms with van der Waals surface area (Å²) in [5.41, 5.74) is -0.103. The number of carbonyl (C=O) groups excluding carboxylic acids is 1. The second kappa shape index (κ2) is 6.21. The molecule has 0 fully saturated rings. The largest absolute Gasteiger partial charge is 0.293 e. The van der Waals surface area contributed by atoms with Crippen LogP contribution in [0.5, 0.6) is 0 Å². The minimum Gasteiger partial charge on any atom is -0.293 e. The van der Waals surface area contributed by atoms with Crippen molar-refractivity contribution in [3.63, 3.8) is 0 Å². The fourth-order valence-corrected chi connectivity index (χ4v) is 2.94. The van der Waals surface area contributed by atoms with Gasteiger partial charge in [-0.1, -0.05) is 18.7 Å². The quantitative estimate of drug-likeness (QED) is 0.627. The van der Waals surface area contributed by atoms with Crippen LogP contribution in [0, 0.1) is 11.6 Å². The molecule has 0 N–H and O–H groups in total. The molecular formula is C12H10F2N2OS2. The van der Waals surface area contributed by atoms with Crippen LogP contribution in [-0.4, -0.2) is 20.9 Å². The van der Waals surface area contributed by atoms with E-state index in [1.54, 1.807) is 0 Å². The van der Waals surface area contributed by atoms with Crippen LogP contribution in [0.3, 0.4) is 0 Å². The summed E-state index contributed by atoms with van der Waals surface area (Å²) in [4.78, 5) is 16.0. The topological polar surface area (TPSA) is 42.9 Å². The van der Waals surface area contributed by atoms with Gasteiger partial charge >= 0.3 is 0 Å². The summed E-state index contributed by atoms with van der Waals surface area (Å²) in [6.45, 7) is 1.94. The third-order valence-electron chi connectivity index (χ3n) is 2.32. The molecule has 0 aliphatic carbocycles. The van der Waals surface area contributed by atoms with Crippen LogP contribution in [0.25, 0.3) is 0 Å². The average molecular weight is 300 g/mol. The normalized spacial score (nSPS) is 10.7. The summed E-state index contributed by atoms with van der Waals surface area (Å²) in [6.07, 6.45) is 0.734. The highest BCUT2D eigenvalue weighted by molar-refractivity contribution is 8.01. The van der Waals surface area contributed by atoms with Gasteiger partial charge in [0.05, 0.1) is 11.3 Å². The van der Waals surface area contributed by atoms with Gasteiger partial charge in [0.15, 0.2) is 10.1 Å². The van der Waals surface area contributed by atoms with Gasteiger partial charge in [0.2, 0.25) is 0 Å². The van der Waals surface area contributed by atoms with Crippen LogP contribution >= 0.6 is 23.3 Å². The maximum atomic E-state index is 13.4. The maximum Gasteiger partial charge on any atom is 0.176 e. The molecule has 3 nitrogen and oxygen atoms in total. The molecule has 0 amide bonds. The molecule has 0 bridgehead atoms. The van der Waals surface area contributed by atoms with Gasteiger partial charge < -0.3 is 0 Å². The molecule has 0 unspecified atom stereocenters. The molecule has 1 aromatic carbocycles. The number of hydrogen-bond acceptors (Lipinski definition) is 5. The molecule has 2 rings (SSSR count). The third kappa shape index (κ3) is 3.57. The van der Waals surface area contributed by atoms with Gasteiger partial charge in [0, 0.05) is 12.5 Å². The van der Waals surface area contributed by atoms with E-state index in [0.717, 1.165) is 24.4 Å². The molecule has 7 heteroatoms. The molecule has 0 aliphatic heterocycles. The van der Waals surface area contributed by atoms with Gasteiger partial charge in [-0.2, -0.15) is 4.37 Å². The summed E-state index contributed by atoms with van der Waals surface area (Å²) in [7, 11) is 0. The standard InChI is InChI=1S/C12H10F2N2OS2/c1-2-11-15-12(19-16-11)18-6-10(17)8-4-3-7(13)5-9(8)14/h3-5H,2,6H2,1H3. The van der Waals surface area contributed by atoms with E-state index in [0.29, 0.717) is 10.4 Å². The lowest BCUT2D eigenvalue weighted by atomic mass is 10.1. The van der Waals surface area contributed by atoms with E-state index in [-0.39, 0.29) is 11.3 Å². The Morgan fingerprint density at radius 1 is 1.42 bits per heavy atom. The molecule has 0 saturated heterocycles. The molecule has 2 aromatic rings. The Bertz CT molecular complexity index is 601. The zero-order valence-corrected chi connectivity index (χ0v) is 11.7. The Labute approximate surface area is 117 Å². The fourth-order valence-electron chi connectivity index (χ4n) is 1.36. The van der Waals surface area contributed by atoms with Gasteiger partial charge in [0.25, 0.3) is 0 Å². The Morgan fingerprint density at radius 2 is 2.21 bits per heavy atom. The highest BCUT2D eigenvalue weighted by atomic mass is 32.2. The number of thioether (sulfide) groups is 1. The summed E-state index contributed by atoms with van der Waals surface area (Å²) in [5, 5.41) is 0. The minimum absolute atomic E-state index is 0.0564. The highest BCUT2D eigenvalue weighted by Crippen LogP contribution is 2.22. The summed E-state index contributed by atoms with van der Waals surface area (Å²) >= 11 is 2.42. The first-order valence-corrected chi connectivity index (χ1v) is 7.29. The van der Waals surface area contributed by atoms with E-state index >= 15 is 0 Å². The number of carbonyl (C=O) groups is 1. The Hall–Kier alpha value is -1.34.